The number of hydrogen-bond donors (Lipinski definition) is 0. The highest BCUT2D eigenvalue weighted by molar-refractivity contribution is 5.79. The summed E-state index contributed by atoms with van der Waals surface area (Å²) in [6, 6.07) is 0. The molecule has 160 valence electrons. The average Bonchev–Trinajstić information content (AvgIpc) is 2.99. The van der Waals surface area contributed by atoms with Crippen LogP contribution in [0.15, 0.2) is 0 Å². The predicted octanol–water partition coefficient (Wildman–Crippen LogP) is 7.68. The third-order valence-electron chi connectivity index (χ3n) is 10.7. The zero-order valence-electron chi connectivity index (χ0n) is 19.4. The fourth-order valence-corrected chi connectivity index (χ4v) is 9.07. The van der Waals surface area contributed by atoms with Crippen molar-refractivity contribution in [1.82, 2.24) is 0 Å². The molecule has 1 heteroatoms. The summed E-state index contributed by atoms with van der Waals surface area (Å²) < 4.78 is 0. The minimum Gasteiger partial charge on any atom is -0.300 e. The number of hydrogen-bond acceptors (Lipinski definition) is 1. The van der Waals surface area contributed by atoms with Gasteiger partial charge in [0.25, 0.3) is 0 Å². The lowest BCUT2D eigenvalue weighted by Gasteiger charge is -2.60. The molecule has 0 saturated heterocycles. The largest absolute Gasteiger partial charge is 0.300 e. The molecule has 0 spiro atoms. The summed E-state index contributed by atoms with van der Waals surface area (Å²) in [7, 11) is 0. The van der Waals surface area contributed by atoms with E-state index in [1.807, 2.05) is 0 Å². The minimum absolute atomic E-state index is 0.471. The minimum atomic E-state index is 0.471. The average molecular weight is 387 g/mol. The van der Waals surface area contributed by atoms with Gasteiger partial charge in [-0.1, -0.05) is 53.9 Å². The third-order valence-corrected chi connectivity index (χ3v) is 10.7. The zero-order chi connectivity index (χ0) is 20.1. The Bertz CT molecular complexity index is 579. The SMILES string of the molecule is CC(C)CCC[C@H](C)[C@@H]1CC[C@H]2[C@H]3CC[C@H]4CC(=O)CC[C@]4(C)[C@@H]3CC[C@@]21C. The van der Waals surface area contributed by atoms with Crippen molar-refractivity contribution >= 4 is 5.78 Å². The van der Waals surface area contributed by atoms with E-state index in [1.165, 1.54) is 64.2 Å². The topological polar surface area (TPSA) is 17.1 Å². The Labute approximate surface area is 174 Å². The van der Waals surface area contributed by atoms with Gasteiger partial charge >= 0.3 is 0 Å². The van der Waals surface area contributed by atoms with E-state index in [-0.39, 0.29) is 0 Å². The molecule has 4 aliphatic rings. The Morgan fingerprint density at radius 3 is 2.39 bits per heavy atom. The number of carbonyl (C=O) groups is 1. The van der Waals surface area contributed by atoms with Crippen LogP contribution in [0.4, 0.5) is 0 Å². The molecular formula is C27H46O. The molecule has 0 aliphatic heterocycles. The number of fused-ring (bicyclic) bond motifs is 5. The highest BCUT2D eigenvalue weighted by Gasteiger charge is 2.60. The lowest BCUT2D eigenvalue weighted by molar-refractivity contribution is -0.140. The van der Waals surface area contributed by atoms with E-state index in [9.17, 15) is 4.79 Å². The van der Waals surface area contributed by atoms with E-state index in [0.717, 1.165) is 48.3 Å². The van der Waals surface area contributed by atoms with Gasteiger partial charge in [0.05, 0.1) is 0 Å². The first-order valence-corrected chi connectivity index (χ1v) is 12.8. The van der Waals surface area contributed by atoms with E-state index in [4.69, 9.17) is 0 Å². The van der Waals surface area contributed by atoms with Gasteiger partial charge in [0.15, 0.2) is 0 Å². The van der Waals surface area contributed by atoms with E-state index >= 15 is 0 Å². The van der Waals surface area contributed by atoms with Gasteiger partial charge < -0.3 is 0 Å². The van der Waals surface area contributed by atoms with Crippen LogP contribution in [0.5, 0.6) is 0 Å². The molecule has 0 radical (unpaired) electrons. The maximum atomic E-state index is 12.1. The van der Waals surface area contributed by atoms with Crippen LogP contribution >= 0.6 is 0 Å². The molecule has 0 aromatic rings. The van der Waals surface area contributed by atoms with E-state index < -0.39 is 0 Å². The lowest BCUT2D eigenvalue weighted by Crippen LogP contribution is -2.53. The van der Waals surface area contributed by atoms with Crippen molar-refractivity contribution in [2.45, 2.75) is 112 Å². The van der Waals surface area contributed by atoms with Gasteiger partial charge in [0, 0.05) is 12.8 Å². The Morgan fingerprint density at radius 2 is 1.64 bits per heavy atom. The first kappa shape index (κ1) is 20.9. The van der Waals surface area contributed by atoms with Crippen molar-refractivity contribution in [1.29, 1.82) is 0 Å². The van der Waals surface area contributed by atoms with E-state index in [2.05, 4.69) is 34.6 Å². The third kappa shape index (κ3) is 3.41. The number of carbonyl (C=O) groups excluding carboxylic acids is 1. The van der Waals surface area contributed by atoms with Crippen molar-refractivity contribution in [2.24, 2.45) is 52.3 Å². The Hall–Kier alpha value is -0.330. The van der Waals surface area contributed by atoms with Gasteiger partial charge in [-0.15, -0.1) is 0 Å². The fraction of sp³-hybridized carbons (Fsp3) is 0.963. The molecule has 8 atom stereocenters. The smallest absolute Gasteiger partial charge is 0.133 e. The van der Waals surface area contributed by atoms with Crippen LogP contribution in [0.25, 0.3) is 0 Å². The molecule has 0 heterocycles. The van der Waals surface area contributed by atoms with Crippen molar-refractivity contribution in [2.75, 3.05) is 0 Å². The molecular weight excluding hydrogens is 340 g/mol. The van der Waals surface area contributed by atoms with Gasteiger partial charge in [-0.3, -0.25) is 4.79 Å². The van der Waals surface area contributed by atoms with Crippen LogP contribution in [0.2, 0.25) is 0 Å². The summed E-state index contributed by atoms with van der Waals surface area (Å²) in [5.41, 5.74) is 1.07. The van der Waals surface area contributed by atoms with Gasteiger partial charge in [0.2, 0.25) is 0 Å². The monoisotopic (exact) mass is 386 g/mol. The van der Waals surface area contributed by atoms with Crippen molar-refractivity contribution < 1.29 is 4.79 Å². The summed E-state index contributed by atoms with van der Waals surface area (Å²) in [4.78, 5) is 12.1. The van der Waals surface area contributed by atoms with Crippen molar-refractivity contribution in [3.05, 3.63) is 0 Å². The molecule has 4 fully saturated rings. The van der Waals surface area contributed by atoms with Gasteiger partial charge in [-0.2, -0.15) is 0 Å². The highest BCUT2D eigenvalue weighted by atomic mass is 16.1. The summed E-state index contributed by atoms with van der Waals surface area (Å²) in [6.45, 7) is 12.6. The first-order chi connectivity index (χ1) is 13.3. The second-order valence-electron chi connectivity index (χ2n) is 12.4. The summed E-state index contributed by atoms with van der Waals surface area (Å²) in [5.74, 6) is 6.82. The van der Waals surface area contributed by atoms with Crippen LogP contribution < -0.4 is 0 Å². The molecule has 0 unspecified atom stereocenters. The molecule has 0 aromatic carbocycles. The Kier molecular flexibility index (Phi) is 5.78. The molecule has 4 saturated carbocycles. The molecule has 28 heavy (non-hydrogen) atoms. The molecule has 4 rings (SSSR count). The Morgan fingerprint density at radius 1 is 0.893 bits per heavy atom. The molecule has 0 amide bonds. The molecule has 4 aliphatic carbocycles. The van der Waals surface area contributed by atoms with Crippen LogP contribution in [-0.2, 0) is 4.79 Å². The van der Waals surface area contributed by atoms with Crippen LogP contribution in [0.1, 0.15) is 112 Å². The fourth-order valence-electron chi connectivity index (χ4n) is 9.07. The van der Waals surface area contributed by atoms with Gasteiger partial charge in [-0.25, -0.2) is 0 Å². The number of rotatable bonds is 5. The highest BCUT2D eigenvalue weighted by Crippen LogP contribution is 2.68. The molecule has 0 bridgehead atoms. The summed E-state index contributed by atoms with van der Waals surface area (Å²) in [5, 5.41) is 0. The van der Waals surface area contributed by atoms with Gasteiger partial charge in [0.1, 0.15) is 5.78 Å². The van der Waals surface area contributed by atoms with Crippen molar-refractivity contribution in [3.63, 3.8) is 0 Å². The predicted molar refractivity (Wildman–Crippen MR) is 118 cm³/mol. The lowest BCUT2D eigenvalue weighted by atomic mass is 9.44. The van der Waals surface area contributed by atoms with Gasteiger partial charge in [-0.05, 0) is 97.2 Å². The van der Waals surface area contributed by atoms with Crippen LogP contribution in [0, 0.1) is 52.3 Å². The van der Waals surface area contributed by atoms with Crippen molar-refractivity contribution in [3.8, 4) is 0 Å². The van der Waals surface area contributed by atoms with E-state index in [1.54, 1.807) is 0 Å². The molecule has 1 nitrogen and oxygen atoms in total. The summed E-state index contributed by atoms with van der Waals surface area (Å²) in [6.07, 6.45) is 15.9. The second-order valence-corrected chi connectivity index (χ2v) is 12.4. The van der Waals surface area contributed by atoms with E-state index in [0.29, 0.717) is 22.5 Å². The molecule has 0 aromatic heterocycles. The second kappa shape index (κ2) is 7.73. The normalized spacial score (nSPS) is 46.8. The summed E-state index contributed by atoms with van der Waals surface area (Å²) >= 11 is 0. The first-order valence-electron chi connectivity index (χ1n) is 12.8. The number of Topliss-reactive ketones (excluding diaryl/α,β-unsaturated/α-hetero) is 1. The number of ketones is 1. The molecule has 0 N–H and O–H groups in total. The maximum Gasteiger partial charge on any atom is 0.133 e. The quantitative estimate of drug-likeness (QED) is 0.473. The standard InChI is InChI=1S/C27H46O/c1-18(2)7-6-8-19(3)23-11-12-24-22-10-9-20-17-21(28)13-15-26(20,4)25(22)14-16-27(23,24)5/h18-20,22-25H,6-17H2,1-5H3/t19-,20-,22+,23-,24-,25+,26-,27+/m0/s1. The zero-order valence-corrected chi connectivity index (χ0v) is 19.4. The Balaban J connectivity index is 1.47. The van der Waals surface area contributed by atoms with Crippen LogP contribution in [-0.4, -0.2) is 5.78 Å². The van der Waals surface area contributed by atoms with Crippen LogP contribution in [0.3, 0.4) is 0 Å². The maximum absolute atomic E-state index is 12.1.